The van der Waals surface area contributed by atoms with Gasteiger partial charge in [-0.25, -0.2) is 9.98 Å². The number of nitrogens with zero attached hydrogens (tertiary/aromatic N) is 8. The monoisotopic (exact) mass is 548 g/mol. The maximum absolute atomic E-state index is 5.68. The summed E-state index contributed by atoms with van der Waals surface area (Å²) < 4.78 is 11.4. The molecule has 6 rings (SSSR count). The second-order valence-electron chi connectivity index (χ2n) is 11.3. The number of guanidine groups is 2. The molecule has 10 heteroatoms. The van der Waals surface area contributed by atoms with Gasteiger partial charge >= 0.3 is 0 Å². The molecule has 0 unspecified atom stereocenters. The standard InChI is InChI=1S/C30H44N8O2/c1-33-9-13-35(14-10-33)29(36-15-11-34(2)12-16-36)31-26-7-3-5-25-6-4-8-27(28(25)26)32-30(37-17-21-39-22-18-37)38-19-23-40-24-20-38/h3-8H,9-24H2,1-2H3. The minimum absolute atomic E-state index is 0.730. The van der Waals surface area contributed by atoms with Crippen molar-refractivity contribution in [3.8, 4) is 0 Å². The molecular weight excluding hydrogens is 504 g/mol. The van der Waals surface area contributed by atoms with Crippen LogP contribution in [-0.2, 0) is 9.47 Å². The van der Waals surface area contributed by atoms with Gasteiger partial charge in [-0.3, -0.25) is 0 Å². The first-order chi connectivity index (χ1) is 19.7. The molecule has 0 aliphatic carbocycles. The van der Waals surface area contributed by atoms with Crippen LogP contribution in [0.3, 0.4) is 0 Å². The molecule has 0 radical (unpaired) electrons. The molecule has 0 spiro atoms. The van der Waals surface area contributed by atoms with E-state index in [2.05, 4.69) is 79.9 Å². The van der Waals surface area contributed by atoms with Crippen molar-refractivity contribution in [2.24, 2.45) is 9.98 Å². The van der Waals surface area contributed by atoms with Crippen LogP contribution in [0, 0.1) is 0 Å². The molecule has 2 aromatic carbocycles. The maximum atomic E-state index is 5.68. The summed E-state index contributed by atoms with van der Waals surface area (Å²) in [7, 11) is 4.42. The smallest absolute Gasteiger partial charge is 0.202 e. The number of benzene rings is 2. The molecule has 4 saturated heterocycles. The van der Waals surface area contributed by atoms with Crippen LogP contribution in [0.2, 0.25) is 0 Å². The van der Waals surface area contributed by atoms with E-state index in [1.165, 1.54) is 5.39 Å². The minimum atomic E-state index is 0.730. The number of likely N-dealkylation sites (N-methyl/N-ethyl adjacent to an activating group) is 2. The summed E-state index contributed by atoms with van der Waals surface area (Å²) in [6.07, 6.45) is 0. The first-order valence-electron chi connectivity index (χ1n) is 14.9. The molecule has 216 valence electrons. The zero-order valence-corrected chi connectivity index (χ0v) is 24.2. The summed E-state index contributed by atoms with van der Waals surface area (Å²) in [5, 5.41) is 2.28. The lowest BCUT2D eigenvalue weighted by molar-refractivity contribution is 0.0422. The number of hydrogen-bond acceptors (Lipinski definition) is 6. The highest BCUT2D eigenvalue weighted by molar-refractivity contribution is 6.04. The molecule has 10 nitrogen and oxygen atoms in total. The van der Waals surface area contributed by atoms with Crippen LogP contribution < -0.4 is 0 Å². The Labute approximate surface area is 238 Å². The van der Waals surface area contributed by atoms with E-state index >= 15 is 0 Å². The van der Waals surface area contributed by atoms with Gasteiger partial charge in [0.15, 0.2) is 0 Å². The molecule has 0 saturated carbocycles. The van der Waals surface area contributed by atoms with Gasteiger partial charge in [0.05, 0.1) is 37.8 Å². The third kappa shape index (κ3) is 6.20. The summed E-state index contributed by atoms with van der Waals surface area (Å²) in [6, 6.07) is 12.9. The first-order valence-corrected chi connectivity index (χ1v) is 14.9. The lowest BCUT2D eigenvalue weighted by atomic mass is 10.1. The Morgan fingerprint density at radius 2 is 0.900 bits per heavy atom. The Morgan fingerprint density at radius 1 is 0.525 bits per heavy atom. The summed E-state index contributed by atoms with van der Waals surface area (Å²) in [6.45, 7) is 14.5. The quantitative estimate of drug-likeness (QED) is 0.417. The maximum Gasteiger partial charge on any atom is 0.202 e. The predicted molar refractivity (Wildman–Crippen MR) is 161 cm³/mol. The molecule has 4 aliphatic rings. The molecule has 0 bridgehead atoms. The van der Waals surface area contributed by atoms with Crippen molar-refractivity contribution in [2.45, 2.75) is 0 Å². The predicted octanol–water partition coefficient (Wildman–Crippen LogP) is 1.97. The topological polar surface area (TPSA) is 62.6 Å². The Hall–Kier alpha value is -2.92. The summed E-state index contributed by atoms with van der Waals surface area (Å²) >= 11 is 0. The lowest BCUT2D eigenvalue weighted by Crippen LogP contribution is -2.56. The van der Waals surface area contributed by atoms with Crippen molar-refractivity contribution in [1.29, 1.82) is 0 Å². The van der Waals surface area contributed by atoms with Crippen LogP contribution >= 0.6 is 0 Å². The molecular formula is C30H44N8O2. The Kier molecular flexibility index (Phi) is 8.67. The van der Waals surface area contributed by atoms with Gasteiger partial charge in [0, 0.05) is 83.9 Å². The third-order valence-corrected chi connectivity index (χ3v) is 8.46. The fourth-order valence-corrected chi connectivity index (χ4v) is 5.93. The van der Waals surface area contributed by atoms with E-state index in [1.807, 2.05) is 0 Å². The highest BCUT2D eigenvalue weighted by Gasteiger charge is 2.26. The largest absolute Gasteiger partial charge is 0.378 e. The number of piperazine rings is 2. The Bertz CT molecular complexity index is 1140. The normalized spacial score (nSPS) is 21.6. The van der Waals surface area contributed by atoms with Gasteiger partial charge in [-0.15, -0.1) is 0 Å². The molecule has 4 fully saturated rings. The van der Waals surface area contributed by atoms with Gasteiger partial charge in [-0.2, -0.15) is 0 Å². The van der Waals surface area contributed by atoms with Crippen molar-refractivity contribution < 1.29 is 9.47 Å². The van der Waals surface area contributed by atoms with Crippen molar-refractivity contribution >= 4 is 34.1 Å². The molecule has 4 aliphatic heterocycles. The fourth-order valence-electron chi connectivity index (χ4n) is 5.93. The van der Waals surface area contributed by atoms with E-state index in [0.717, 1.165) is 134 Å². The Morgan fingerprint density at radius 3 is 1.30 bits per heavy atom. The highest BCUT2D eigenvalue weighted by atomic mass is 16.5. The Balaban J connectivity index is 1.43. The van der Waals surface area contributed by atoms with E-state index in [0.29, 0.717) is 0 Å². The van der Waals surface area contributed by atoms with Crippen molar-refractivity contribution in [1.82, 2.24) is 29.4 Å². The zero-order valence-electron chi connectivity index (χ0n) is 24.2. The zero-order chi connectivity index (χ0) is 27.3. The molecule has 4 heterocycles. The molecule has 0 atom stereocenters. The van der Waals surface area contributed by atoms with Crippen molar-refractivity contribution in [3.63, 3.8) is 0 Å². The molecule has 0 amide bonds. The fraction of sp³-hybridized carbons (Fsp3) is 0.600. The van der Waals surface area contributed by atoms with Gasteiger partial charge in [-0.1, -0.05) is 24.3 Å². The average molecular weight is 549 g/mol. The second-order valence-corrected chi connectivity index (χ2v) is 11.3. The van der Waals surface area contributed by atoms with E-state index in [4.69, 9.17) is 19.5 Å². The summed E-state index contributed by atoms with van der Waals surface area (Å²) in [5.74, 6) is 2.13. The van der Waals surface area contributed by atoms with Crippen LogP contribution in [0.15, 0.2) is 46.4 Å². The van der Waals surface area contributed by atoms with Crippen LogP contribution in [0.25, 0.3) is 10.8 Å². The van der Waals surface area contributed by atoms with Crippen molar-refractivity contribution in [2.75, 3.05) is 119 Å². The van der Waals surface area contributed by atoms with Gasteiger partial charge in [0.25, 0.3) is 0 Å². The van der Waals surface area contributed by atoms with E-state index in [9.17, 15) is 0 Å². The van der Waals surface area contributed by atoms with Crippen LogP contribution in [0.5, 0.6) is 0 Å². The number of hydrogen-bond donors (Lipinski definition) is 0. The molecule has 2 aromatic rings. The number of ether oxygens (including phenoxy) is 2. The van der Waals surface area contributed by atoms with Gasteiger partial charge in [-0.05, 0) is 31.6 Å². The number of morpholine rings is 2. The molecule has 40 heavy (non-hydrogen) atoms. The van der Waals surface area contributed by atoms with E-state index < -0.39 is 0 Å². The van der Waals surface area contributed by atoms with E-state index in [1.54, 1.807) is 0 Å². The SMILES string of the molecule is CN1CCN(C(=Nc2cccc3cccc(N=C(N4CCOCC4)N4CCOCC4)c23)N2CCN(C)CC2)CC1. The van der Waals surface area contributed by atoms with Crippen LogP contribution in [0.1, 0.15) is 0 Å². The van der Waals surface area contributed by atoms with Crippen LogP contribution in [0.4, 0.5) is 11.4 Å². The lowest BCUT2D eigenvalue weighted by Gasteiger charge is -2.42. The van der Waals surface area contributed by atoms with Gasteiger partial charge in [0.2, 0.25) is 11.9 Å². The summed E-state index contributed by atoms with van der Waals surface area (Å²) in [5.41, 5.74) is 1.97. The van der Waals surface area contributed by atoms with Gasteiger partial charge < -0.3 is 38.9 Å². The van der Waals surface area contributed by atoms with Gasteiger partial charge in [0.1, 0.15) is 0 Å². The van der Waals surface area contributed by atoms with E-state index in [-0.39, 0.29) is 0 Å². The van der Waals surface area contributed by atoms with Crippen molar-refractivity contribution in [3.05, 3.63) is 36.4 Å². The second kappa shape index (κ2) is 12.7. The average Bonchev–Trinajstić information content (AvgIpc) is 3.00. The number of aliphatic imine (C=N–C) groups is 2. The number of fused-ring (bicyclic) bond motifs is 1. The van der Waals surface area contributed by atoms with Crippen LogP contribution in [-0.4, -0.2) is 160 Å². The first kappa shape index (κ1) is 27.3. The molecule has 0 aromatic heterocycles. The highest BCUT2D eigenvalue weighted by Crippen LogP contribution is 2.35. The summed E-state index contributed by atoms with van der Waals surface area (Å²) in [4.78, 5) is 25.4. The minimum Gasteiger partial charge on any atom is -0.378 e. The third-order valence-electron chi connectivity index (χ3n) is 8.46. The number of rotatable bonds is 2. The molecule has 0 N–H and O–H groups in total.